The van der Waals surface area contributed by atoms with Crippen molar-refractivity contribution in [3.63, 3.8) is 0 Å². The van der Waals surface area contributed by atoms with Gasteiger partial charge in [-0.15, -0.1) is 11.8 Å². The molecule has 0 saturated carbocycles. The summed E-state index contributed by atoms with van der Waals surface area (Å²) >= 11 is 2.90. The van der Waals surface area contributed by atoms with Crippen molar-refractivity contribution in [1.82, 2.24) is 9.55 Å². The average molecular weight is 409 g/mol. The Morgan fingerprint density at radius 2 is 1.86 bits per heavy atom. The van der Waals surface area contributed by atoms with Crippen molar-refractivity contribution >= 4 is 29.3 Å². The SMILES string of the molecule is Cc1cc(C)cc(-n2c(SCC(=O)c3ccccc3)nc3c(c2=O)SCC3)c1. The third kappa shape index (κ3) is 3.80. The molecule has 1 aliphatic heterocycles. The summed E-state index contributed by atoms with van der Waals surface area (Å²) in [5.74, 6) is 1.15. The Labute approximate surface area is 172 Å². The zero-order valence-electron chi connectivity index (χ0n) is 15.8. The van der Waals surface area contributed by atoms with E-state index >= 15 is 0 Å². The molecule has 3 aromatic rings. The maximum absolute atomic E-state index is 13.2. The fraction of sp³-hybridized carbons (Fsp3) is 0.227. The Morgan fingerprint density at radius 1 is 1.14 bits per heavy atom. The molecule has 28 heavy (non-hydrogen) atoms. The molecule has 2 heterocycles. The number of rotatable bonds is 5. The standard InChI is InChI=1S/C22H20N2O2S2/c1-14-10-15(2)12-17(11-14)24-21(26)20-18(8-9-27-20)23-22(24)28-13-19(25)16-6-4-3-5-7-16/h3-7,10-12H,8-9,13H2,1-2H3. The first-order chi connectivity index (χ1) is 13.5. The second kappa shape index (κ2) is 7.97. The third-order valence-corrected chi connectivity index (χ3v) is 6.61. The van der Waals surface area contributed by atoms with Gasteiger partial charge in [-0.05, 0) is 37.1 Å². The first kappa shape index (κ1) is 19.0. The second-order valence-electron chi connectivity index (χ2n) is 6.83. The van der Waals surface area contributed by atoms with E-state index in [1.165, 1.54) is 11.8 Å². The number of aromatic nitrogens is 2. The number of Topliss-reactive ketones (excluding diaryl/α,β-unsaturated/α-hetero) is 1. The highest BCUT2D eigenvalue weighted by atomic mass is 32.2. The van der Waals surface area contributed by atoms with Crippen LogP contribution in [0.1, 0.15) is 27.2 Å². The van der Waals surface area contributed by atoms with E-state index in [-0.39, 0.29) is 17.1 Å². The van der Waals surface area contributed by atoms with Crippen LogP contribution in [0.2, 0.25) is 0 Å². The van der Waals surface area contributed by atoms with Gasteiger partial charge in [-0.25, -0.2) is 4.98 Å². The third-order valence-electron chi connectivity index (χ3n) is 4.56. The topological polar surface area (TPSA) is 52.0 Å². The van der Waals surface area contributed by atoms with Crippen LogP contribution in [0.3, 0.4) is 0 Å². The predicted octanol–water partition coefficient (Wildman–Crippen LogP) is 4.47. The average Bonchev–Trinajstić information content (AvgIpc) is 3.15. The second-order valence-corrected chi connectivity index (χ2v) is 8.88. The van der Waals surface area contributed by atoms with Gasteiger partial charge in [0.1, 0.15) is 0 Å². The normalized spacial score (nSPS) is 12.8. The molecule has 6 heteroatoms. The Bertz CT molecular complexity index is 1090. The fourth-order valence-corrected chi connectivity index (χ4v) is 5.28. The number of hydrogen-bond acceptors (Lipinski definition) is 5. The zero-order valence-corrected chi connectivity index (χ0v) is 17.4. The first-order valence-electron chi connectivity index (χ1n) is 9.11. The summed E-state index contributed by atoms with van der Waals surface area (Å²) < 4.78 is 1.67. The van der Waals surface area contributed by atoms with E-state index in [0.717, 1.165) is 39.6 Å². The molecule has 0 atom stereocenters. The number of nitrogens with zero attached hydrogens (tertiary/aromatic N) is 2. The monoisotopic (exact) mass is 408 g/mol. The van der Waals surface area contributed by atoms with Crippen LogP contribution in [-0.2, 0) is 6.42 Å². The van der Waals surface area contributed by atoms with Crippen LogP contribution in [-0.4, -0.2) is 26.8 Å². The summed E-state index contributed by atoms with van der Waals surface area (Å²) in [6.07, 6.45) is 0.795. The Hall–Kier alpha value is -2.31. The van der Waals surface area contributed by atoms with Crippen molar-refractivity contribution < 1.29 is 4.79 Å². The van der Waals surface area contributed by atoms with Crippen LogP contribution in [0.5, 0.6) is 0 Å². The minimum Gasteiger partial charge on any atom is -0.293 e. The van der Waals surface area contributed by atoms with Gasteiger partial charge in [0.05, 0.1) is 22.0 Å². The van der Waals surface area contributed by atoms with Gasteiger partial charge in [-0.1, -0.05) is 48.2 Å². The van der Waals surface area contributed by atoms with E-state index in [1.807, 2.05) is 56.3 Å². The van der Waals surface area contributed by atoms with Gasteiger partial charge in [0.15, 0.2) is 10.9 Å². The van der Waals surface area contributed by atoms with Crippen LogP contribution in [0.4, 0.5) is 0 Å². The molecule has 0 saturated heterocycles. The van der Waals surface area contributed by atoms with Crippen molar-refractivity contribution in [3.05, 3.63) is 81.3 Å². The van der Waals surface area contributed by atoms with Crippen LogP contribution < -0.4 is 5.56 Å². The highest BCUT2D eigenvalue weighted by molar-refractivity contribution is 8.00. The van der Waals surface area contributed by atoms with Gasteiger partial charge in [0.2, 0.25) is 0 Å². The van der Waals surface area contributed by atoms with Gasteiger partial charge >= 0.3 is 0 Å². The van der Waals surface area contributed by atoms with Crippen molar-refractivity contribution in [1.29, 1.82) is 0 Å². The molecule has 0 amide bonds. The number of thioether (sulfide) groups is 2. The van der Waals surface area contributed by atoms with Gasteiger partial charge < -0.3 is 0 Å². The fourth-order valence-electron chi connectivity index (χ4n) is 3.33. The molecular weight excluding hydrogens is 388 g/mol. The highest BCUT2D eigenvalue weighted by Gasteiger charge is 2.23. The van der Waals surface area contributed by atoms with Crippen LogP contribution in [0, 0.1) is 13.8 Å². The van der Waals surface area contributed by atoms with E-state index < -0.39 is 0 Å². The summed E-state index contributed by atoms with van der Waals surface area (Å²) in [5, 5.41) is 0.584. The number of fused-ring (bicyclic) bond motifs is 1. The summed E-state index contributed by atoms with van der Waals surface area (Å²) in [6, 6.07) is 15.3. The Morgan fingerprint density at radius 3 is 2.57 bits per heavy atom. The minimum absolute atomic E-state index is 0.0293. The van der Waals surface area contributed by atoms with Crippen molar-refractivity contribution in [2.75, 3.05) is 11.5 Å². The molecule has 1 aromatic heterocycles. The van der Waals surface area contributed by atoms with Crippen molar-refractivity contribution in [2.24, 2.45) is 0 Å². The van der Waals surface area contributed by atoms with Crippen LogP contribution in [0.25, 0.3) is 5.69 Å². The summed E-state index contributed by atoms with van der Waals surface area (Å²) in [4.78, 5) is 31.3. The van der Waals surface area contributed by atoms with Crippen molar-refractivity contribution in [2.45, 2.75) is 30.3 Å². The largest absolute Gasteiger partial charge is 0.293 e. The molecular formula is C22H20N2O2S2. The zero-order chi connectivity index (χ0) is 19.7. The molecule has 1 aliphatic rings. The van der Waals surface area contributed by atoms with Crippen LogP contribution >= 0.6 is 23.5 Å². The molecule has 0 fully saturated rings. The molecule has 0 N–H and O–H groups in total. The van der Waals surface area contributed by atoms with E-state index in [1.54, 1.807) is 16.3 Å². The molecule has 2 aromatic carbocycles. The van der Waals surface area contributed by atoms with Crippen LogP contribution in [0.15, 0.2) is 63.4 Å². The number of carbonyl (C=O) groups excluding carboxylic acids is 1. The van der Waals surface area contributed by atoms with E-state index in [4.69, 9.17) is 4.98 Å². The number of benzene rings is 2. The Balaban J connectivity index is 1.75. The molecule has 0 spiro atoms. The molecule has 4 nitrogen and oxygen atoms in total. The number of carbonyl (C=O) groups is 1. The lowest BCUT2D eigenvalue weighted by Gasteiger charge is -2.15. The van der Waals surface area contributed by atoms with Gasteiger partial charge in [0.25, 0.3) is 5.56 Å². The maximum atomic E-state index is 13.2. The lowest BCUT2D eigenvalue weighted by atomic mass is 10.1. The number of hydrogen-bond donors (Lipinski definition) is 0. The molecule has 142 valence electrons. The van der Waals surface area contributed by atoms with Gasteiger partial charge in [0, 0.05) is 17.7 Å². The van der Waals surface area contributed by atoms with E-state index in [9.17, 15) is 9.59 Å². The van der Waals surface area contributed by atoms with E-state index in [2.05, 4.69) is 6.07 Å². The number of ketones is 1. The molecule has 4 rings (SSSR count). The predicted molar refractivity (Wildman–Crippen MR) is 115 cm³/mol. The lowest BCUT2D eigenvalue weighted by molar-refractivity contribution is 0.102. The molecule has 0 aliphatic carbocycles. The van der Waals surface area contributed by atoms with E-state index in [0.29, 0.717) is 10.7 Å². The molecule has 0 unspecified atom stereocenters. The first-order valence-corrected chi connectivity index (χ1v) is 11.1. The minimum atomic E-state index is -0.0350. The quantitative estimate of drug-likeness (QED) is 0.354. The smallest absolute Gasteiger partial charge is 0.272 e. The maximum Gasteiger partial charge on any atom is 0.272 e. The number of aryl methyl sites for hydroxylation is 3. The van der Waals surface area contributed by atoms with Gasteiger partial charge in [-0.3, -0.25) is 14.2 Å². The molecule has 0 radical (unpaired) electrons. The highest BCUT2D eigenvalue weighted by Crippen LogP contribution is 2.30. The summed E-state index contributed by atoms with van der Waals surface area (Å²) in [7, 11) is 0. The Kier molecular flexibility index (Phi) is 5.42. The lowest BCUT2D eigenvalue weighted by Crippen LogP contribution is -2.24. The summed E-state index contributed by atoms with van der Waals surface area (Å²) in [6.45, 7) is 4.03. The summed E-state index contributed by atoms with van der Waals surface area (Å²) in [5.41, 5.74) is 4.47. The van der Waals surface area contributed by atoms with Crippen molar-refractivity contribution in [3.8, 4) is 5.69 Å². The molecule has 0 bridgehead atoms. The van der Waals surface area contributed by atoms with Gasteiger partial charge in [-0.2, -0.15) is 0 Å².